The quantitative estimate of drug-likeness (QED) is 0.523. The van der Waals surface area contributed by atoms with Crippen molar-refractivity contribution in [2.24, 2.45) is 0 Å². The molecule has 3 aromatic rings. The second-order valence-corrected chi connectivity index (χ2v) is 5.56. The van der Waals surface area contributed by atoms with Crippen LogP contribution in [-0.2, 0) is 16.1 Å². The lowest BCUT2D eigenvalue weighted by atomic mass is 10.2. The van der Waals surface area contributed by atoms with E-state index in [1.54, 1.807) is 17.4 Å². The fraction of sp³-hybridized carbons (Fsp3) is 0.118. The Kier molecular flexibility index (Phi) is 3.88. The maximum atomic E-state index is 11.7. The molecule has 3 nitrogen and oxygen atoms in total. The van der Waals surface area contributed by atoms with Crippen molar-refractivity contribution in [3.8, 4) is 0 Å². The summed E-state index contributed by atoms with van der Waals surface area (Å²) in [6.45, 7) is 2.14. The van der Waals surface area contributed by atoms with E-state index in [1.807, 2.05) is 42.6 Å². The van der Waals surface area contributed by atoms with Crippen molar-refractivity contribution in [3.05, 3.63) is 64.9 Å². The van der Waals surface area contributed by atoms with Gasteiger partial charge in [0.1, 0.15) is 18.1 Å². The summed E-state index contributed by atoms with van der Waals surface area (Å²) in [6, 6.07) is 11.7. The van der Waals surface area contributed by atoms with Crippen molar-refractivity contribution in [1.82, 2.24) is 0 Å². The van der Waals surface area contributed by atoms with Gasteiger partial charge in [0, 0.05) is 16.3 Å². The maximum absolute atomic E-state index is 11.7. The van der Waals surface area contributed by atoms with Gasteiger partial charge in [-0.3, -0.25) is 0 Å². The number of aryl methyl sites for hydroxylation is 1. The second-order valence-electron chi connectivity index (χ2n) is 4.65. The molecular weight excluding hydrogens is 284 g/mol. The molecule has 0 radical (unpaired) electrons. The zero-order valence-electron chi connectivity index (χ0n) is 11.5. The Morgan fingerprint density at radius 1 is 1.29 bits per heavy atom. The molecule has 0 saturated carbocycles. The van der Waals surface area contributed by atoms with Gasteiger partial charge < -0.3 is 9.15 Å². The van der Waals surface area contributed by atoms with Gasteiger partial charge in [0.15, 0.2) is 0 Å². The molecule has 4 heteroatoms. The van der Waals surface area contributed by atoms with Crippen molar-refractivity contribution in [3.63, 3.8) is 0 Å². The molecule has 1 aromatic carbocycles. The molecule has 0 bridgehead atoms. The average molecular weight is 298 g/mol. The van der Waals surface area contributed by atoms with Crippen LogP contribution >= 0.6 is 11.3 Å². The second kappa shape index (κ2) is 5.97. The molecule has 2 aromatic heterocycles. The van der Waals surface area contributed by atoms with Crippen molar-refractivity contribution in [2.75, 3.05) is 0 Å². The van der Waals surface area contributed by atoms with E-state index in [1.165, 1.54) is 10.8 Å². The SMILES string of the molecule is Cc1ccc(/C=C/C(=O)OCc2csc3ccccc23)o1. The van der Waals surface area contributed by atoms with E-state index in [-0.39, 0.29) is 12.6 Å². The predicted octanol–water partition coefficient (Wildman–Crippen LogP) is 4.56. The Morgan fingerprint density at radius 2 is 2.14 bits per heavy atom. The van der Waals surface area contributed by atoms with E-state index in [0.29, 0.717) is 5.76 Å². The molecule has 0 amide bonds. The standard InChI is InChI=1S/C17H14O3S/c1-12-6-7-14(20-12)8-9-17(18)19-10-13-11-21-16-5-3-2-4-15(13)16/h2-9,11H,10H2,1H3/b9-8+. The molecule has 0 fully saturated rings. The summed E-state index contributed by atoms with van der Waals surface area (Å²) in [4.78, 5) is 11.7. The number of carbonyl (C=O) groups excluding carboxylic acids is 1. The third-order valence-electron chi connectivity index (χ3n) is 3.08. The smallest absolute Gasteiger partial charge is 0.331 e. The molecule has 0 atom stereocenters. The first-order valence-electron chi connectivity index (χ1n) is 6.59. The van der Waals surface area contributed by atoms with Gasteiger partial charge in [-0.15, -0.1) is 11.3 Å². The van der Waals surface area contributed by atoms with Crippen LogP contribution in [0.25, 0.3) is 16.2 Å². The molecule has 21 heavy (non-hydrogen) atoms. The van der Waals surface area contributed by atoms with Crippen molar-refractivity contribution in [2.45, 2.75) is 13.5 Å². The molecule has 0 aliphatic heterocycles. The van der Waals surface area contributed by atoms with Gasteiger partial charge in [-0.2, -0.15) is 0 Å². The fourth-order valence-electron chi connectivity index (χ4n) is 2.03. The van der Waals surface area contributed by atoms with Crippen LogP contribution in [0.1, 0.15) is 17.1 Å². The summed E-state index contributed by atoms with van der Waals surface area (Å²) in [5, 5.41) is 3.17. The predicted molar refractivity (Wildman–Crippen MR) is 84.1 cm³/mol. The Hall–Kier alpha value is -2.33. The minimum absolute atomic E-state index is 0.282. The van der Waals surface area contributed by atoms with Gasteiger partial charge in [0.2, 0.25) is 0 Å². The van der Waals surface area contributed by atoms with Crippen LogP contribution < -0.4 is 0 Å². The zero-order valence-corrected chi connectivity index (χ0v) is 12.4. The molecule has 2 heterocycles. The number of thiophene rings is 1. The average Bonchev–Trinajstić information content (AvgIpc) is 3.09. The number of ether oxygens (including phenoxy) is 1. The molecule has 0 unspecified atom stereocenters. The van der Waals surface area contributed by atoms with E-state index in [9.17, 15) is 4.79 Å². The number of hydrogen-bond donors (Lipinski definition) is 0. The van der Waals surface area contributed by atoms with E-state index < -0.39 is 0 Å². The van der Waals surface area contributed by atoms with Gasteiger partial charge in [-0.25, -0.2) is 4.79 Å². The number of carbonyl (C=O) groups is 1. The monoisotopic (exact) mass is 298 g/mol. The lowest BCUT2D eigenvalue weighted by Gasteiger charge is -2.00. The minimum Gasteiger partial charge on any atom is -0.462 e. The number of hydrogen-bond acceptors (Lipinski definition) is 4. The minimum atomic E-state index is -0.376. The Labute approximate surface area is 126 Å². The molecule has 0 aliphatic carbocycles. The van der Waals surface area contributed by atoms with Gasteiger partial charge >= 0.3 is 5.97 Å². The Morgan fingerprint density at radius 3 is 2.95 bits per heavy atom. The van der Waals surface area contributed by atoms with Gasteiger partial charge in [-0.05, 0) is 42.0 Å². The van der Waals surface area contributed by atoms with Crippen LogP contribution in [0.4, 0.5) is 0 Å². The fourth-order valence-corrected chi connectivity index (χ4v) is 2.98. The van der Waals surface area contributed by atoms with Crippen LogP contribution in [-0.4, -0.2) is 5.97 Å². The normalized spacial score (nSPS) is 11.3. The molecule has 0 aliphatic rings. The van der Waals surface area contributed by atoms with Crippen LogP contribution in [0.5, 0.6) is 0 Å². The van der Waals surface area contributed by atoms with Gasteiger partial charge in [0.05, 0.1) is 0 Å². The van der Waals surface area contributed by atoms with E-state index in [4.69, 9.17) is 9.15 Å². The highest BCUT2D eigenvalue weighted by molar-refractivity contribution is 7.17. The third-order valence-corrected chi connectivity index (χ3v) is 4.09. The lowest BCUT2D eigenvalue weighted by Crippen LogP contribution is -2.00. The topological polar surface area (TPSA) is 39.4 Å². The summed E-state index contributed by atoms with van der Waals surface area (Å²) in [7, 11) is 0. The first kappa shape index (κ1) is 13.6. The third kappa shape index (κ3) is 3.23. The maximum Gasteiger partial charge on any atom is 0.331 e. The van der Waals surface area contributed by atoms with Gasteiger partial charge in [0.25, 0.3) is 0 Å². The summed E-state index contributed by atoms with van der Waals surface area (Å²) < 4.78 is 11.8. The summed E-state index contributed by atoms with van der Waals surface area (Å²) in [5.41, 5.74) is 1.03. The first-order valence-corrected chi connectivity index (χ1v) is 7.47. The largest absolute Gasteiger partial charge is 0.462 e. The highest BCUT2D eigenvalue weighted by atomic mass is 32.1. The van der Waals surface area contributed by atoms with Crippen molar-refractivity contribution in [1.29, 1.82) is 0 Å². The van der Waals surface area contributed by atoms with E-state index in [2.05, 4.69) is 6.07 Å². The van der Waals surface area contributed by atoms with Crippen molar-refractivity contribution >= 4 is 33.5 Å². The van der Waals surface area contributed by atoms with Crippen LogP contribution in [0.3, 0.4) is 0 Å². The zero-order chi connectivity index (χ0) is 14.7. The number of furan rings is 1. The number of esters is 1. The molecular formula is C17H14O3S. The van der Waals surface area contributed by atoms with Crippen LogP contribution in [0, 0.1) is 6.92 Å². The Balaban J connectivity index is 1.62. The number of benzene rings is 1. The molecule has 0 saturated heterocycles. The molecule has 106 valence electrons. The summed E-state index contributed by atoms with van der Waals surface area (Å²) >= 11 is 1.65. The lowest BCUT2D eigenvalue weighted by molar-refractivity contribution is -0.138. The highest BCUT2D eigenvalue weighted by Crippen LogP contribution is 2.26. The highest BCUT2D eigenvalue weighted by Gasteiger charge is 2.05. The molecule has 3 rings (SSSR count). The first-order chi connectivity index (χ1) is 10.2. The van der Waals surface area contributed by atoms with Crippen LogP contribution in [0.15, 0.2) is 52.3 Å². The summed E-state index contributed by atoms with van der Waals surface area (Å²) in [5.74, 6) is 1.08. The number of rotatable bonds is 4. The summed E-state index contributed by atoms with van der Waals surface area (Å²) in [6.07, 6.45) is 2.99. The number of fused-ring (bicyclic) bond motifs is 1. The van der Waals surface area contributed by atoms with E-state index in [0.717, 1.165) is 16.7 Å². The van der Waals surface area contributed by atoms with Crippen molar-refractivity contribution < 1.29 is 13.9 Å². The Bertz CT molecular complexity index is 795. The molecule has 0 N–H and O–H groups in total. The van der Waals surface area contributed by atoms with Crippen LogP contribution in [0.2, 0.25) is 0 Å². The molecule has 0 spiro atoms. The van der Waals surface area contributed by atoms with Gasteiger partial charge in [-0.1, -0.05) is 18.2 Å². The van der Waals surface area contributed by atoms with E-state index >= 15 is 0 Å².